The van der Waals surface area contributed by atoms with E-state index in [1.165, 1.54) is 4.57 Å². The van der Waals surface area contributed by atoms with E-state index in [0.717, 1.165) is 12.8 Å². The van der Waals surface area contributed by atoms with Crippen LogP contribution in [-0.2, 0) is 0 Å². The third-order valence-electron chi connectivity index (χ3n) is 4.20. The van der Waals surface area contributed by atoms with Gasteiger partial charge in [-0.25, -0.2) is 9.37 Å². The lowest BCUT2D eigenvalue weighted by Gasteiger charge is -2.12. The molecule has 0 atom stereocenters. The fraction of sp³-hybridized carbons (Fsp3) is 0.222. The highest BCUT2D eigenvalue weighted by atomic mass is 19.1. The predicted molar refractivity (Wildman–Crippen MR) is 84.0 cm³/mol. The lowest BCUT2D eigenvalue weighted by Crippen LogP contribution is -2.23. The highest BCUT2D eigenvalue weighted by Crippen LogP contribution is 2.42. The van der Waals surface area contributed by atoms with Crippen LogP contribution >= 0.6 is 0 Å². The average Bonchev–Trinajstić information content (AvgIpc) is 3.33. The number of hydrogen-bond acceptors (Lipinski definition) is 2. The maximum Gasteiger partial charge on any atom is 0.268 e. The second-order valence-electron chi connectivity index (χ2n) is 5.77. The molecule has 4 heteroatoms. The molecule has 1 fully saturated rings. The molecule has 0 spiro atoms. The first-order valence-corrected chi connectivity index (χ1v) is 7.44. The minimum atomic E-state index is -0.401. The van der Waals surface area contributed by atoms with Crippen molar-refractivity contribution in [1.29, 1.82) is 0 Å². The van der Waals surface area contributed by atoms with Gasteiger partial charge in [-0.05, 0) is 49.4 Å². The van der Waals surface area contributed by atoms with Gasteiger partial charge < -0.3 is 0 Å². The summed E-state index contributed by atoms with van der Waals surface area (Å²) in [5.41, 5.74) is 1.44. The molecular formula is C18H15FN2O. The summed E-state index contributed by atoms with van der Waals surface area (Å²) in [6.45, 7) is 1.76. The van der Waals surface area contributed by atoms with E-state index < -0.39 is 5.82 Å². The lowest BCUT2D eigenvalue weighted by atomic mass is 10.1. The quantitative estimate of drug-likeness (QED) is 0.722. The molecule has 3 aromatic rings. The molecule has 1 aliphatic carbocycles. The van der Waals surface area contributed by atoms with Crippen LogP contribution in [0.3, 0.4) is 0 Å². The first kappa shape index (κ1) is 13.2. The first-order valence-electron chi connectivity index (χ1n) is 7.44. The van der Waals surface area contributed by atoms with Gasteiger partial charge in [-0.1, -0.05) is 24.3 Å². The Hall–Kier alpha value is -2.49. The third-order valence-corrected chi connectivity index (χ3v) is 4.20. The molecule has 1 aromatic heterocycles. The van der Waals surface area contributed by atoms with E-state index in [1.807, 2.05) is 30.3 Å². The lowest BCUT2D eigenvalue weighted by molar-refractivity contribution is 0.620. The Morgan fingerprint density at radius 2 is 1.86 bits per heavy atom. The Balaban J connectivity index is 2.07. The van der Waals surface area contributed by atoms with E-state index in [0.29, 0.717) is 22.6 Å². The van der Waals surface area contributed by atoms with Crippen molar-refractivity contribution in [3.63, 3.8) is 0 Å². The number of aryl methyl sites for hydroxylation is 1. The molecule has 1 saturated carbocycles. The number of para-hydroxylation sites is 1. The molecule has 0 saturated heterocycles. The number of fused-ring (bicyclic) bond motifs is 1. The Morgan fingerprint density at radius 1 is 1.14 bits per heavy atom. The van der Waals surface area contributed by atoms with Gasteiger partial charge in [-0.2, -0.15) is 0 Å². The van der Waals surface area contributed by atoms with Crippen LogP contribution in [0.25, 0.3) is 16.6 Å². The first-order chi connectivity index (χ1) is 10.7. The molecule has 0 aliphatic heterocycles. The van der Waals surface area contributed by atoms with Crippen molar-refractivity contribution < 1.29 is 4.39 Å². The summed E-state index contributed by atoms with van der Waals surface area (Å²) in [5, 5.41) is 0.0962. The van der Waals surface area contributed by atoms with Gasteiger partial charge in [0.2, 0.25) is 0 Å². The van der Waals surface area contributed by atoms with Crippen LogP contribution in [0.4, 0.5) is 4.39 Å². The Kier molecular flexibility index (Phi) is 2.86. The molecule has 0 bridgehead atoms. The van der Waals surface area contributed by atoms with E-state index in [2.05, 4.69) is 4.98 Å². The van der Waals surface area contributed by atoms with E-state index >= 15 is 0 Å². The van der Waals surface area contributed by atoms with Crippen molar-refractivity contribution in [3.05, 3.63) is 70.0 Å². The average molecular weight is 294 g/mol. The minimum absolute atomic E-state index is 0.0962. The third kappa shape index (κ3) is 1.95. The smallest absolute Gasteiger partial charge is 0.268 e. The van der Waals surface area contributed by atoms with E-state index in [1.54, 1.807) is 19.1 Å². The van der Waals surface area contributed by atoms with Gasteiger partial charge in [0.05, 0.1) is 11.2 Å². The molecule has 110 valence electrons. The van der Waals surface area contributed by atoms with Crippen molar-refractivity contribution in [2.24, 2.45) is 0 Å². The van der Waals surface area contributed by atoms with Crippen LogP contribution < -0.4 is 5.56 Å². The van der Waals surface area contributed by atoms with Gasteiger partial charge in [-0.15, -0.1) is 0 Å². The molecule has 0 radical (unpaired) electrons. The van der Waals surface area contributed by atoms with Gasteiger partial charge in [0.25, 0.3) is 5.56 Å². The number of aromatic nitrogens is 2. The molecule has 1 heterocycles. The maximum atomic E-state index is 14.8. The van der Waals surface area contributed by atoms with Crippen LogP contribution in [0.5, 0.6) is 0 Å². The van der Waals surface area contributed by atoms with Crippen LogP contribution in [0.1, 0.15) is 30.1 Å². The fourth-order valence-corrected chi connectivity index (χ4v) is 2.95. The molecule has 2 aromatic carbocycles. The molecule has 22 heavy (non-hydrogen) atoms. The zero-order valence-corrected chi connectivity index (χ0v) is 12.2. The molecule has 0 N–H and O–H groups in total. The van der Waals surface area contributed by atoms with Gasteiger partial charge >= 0.3 is 0 Å². The highest BCUT2D eigenvalue weighted by Gasteiger charge is 2.28. The van der Waals surface area contributed by atoms with Gasteiger partial charge in [-0.3, -0.25) is 9.36 Å². The second-order valence-corrected chi connectivity index (χ2v) is 5.77. The van der Waals surface area contributed by atoms with E-state index in [4.69, 9.17) is 0 Å². The highest BCUT2D eigenvalue weighted by molar-refractivity contribution is 5.80. The summed E-state index contributed by atoms with van der Waals surface area (Å²) in [4.78, 5) is 17.3. The molecular weight excluding hydrogens is 279 g/mol. The zero-order chi connectivity index (χ0) is 15.3. The predicted octanol–water partition coefficient (Wildman–Crippen LogP) is 3.71. The standard InChI is InChI=1S/C18H15FN2O/c1-11-20-15-10-9-14(12-7-8-12)17(19)16(15)18(22)21(11)13-5-3-2-4-6-13/h2-6,9-10,12H,7-8H2,1H3. The monoisotopic (exact) mass is 294 g/mol. The molecule has 0 unspecified atom stereocenters. The summed E-state index contributed by atoms with van der Waals surface area (Å²) >= 11 is 0. The fourth-order valence-electron chi connectivity index (χ4n) is 2.95. The normalized spacial score (nSPS) is 14.5. The van der Waals surface area contributed by atoms with Crippen molar-refractivity contribution in [3.8, 4) is 5.69 Å². The van der Waals surface area contributed by atoms with Crippen LogP contribution in [0.2, 0.25) is 0 Å². The summed E-state index contributed by atoms with van der Waals surface area (Å²) in [6.07, 6.45) is 1.99. The van der Waals surface area contributed by atoms with Crippen LogP contribution in [0, 0.1) is 12.7 Å². The second kappa shape index (κ2) is 4.77. The Labute approximate surface area is 127 Å². The number of nitrogens with zero attached hydrogens (tertiary/aromatic N) is 2. The van der Waals surface area contributed by atoms with E-state index in [-0.39, 0.29) is 16.9 Å². The zero-order valence-electron chi connectivity index (χ0n) is 12.2. The molecule has 3 nitrogen and oxygen atoms in total. The van der Waals surface area contributed by atoms with Crippen molar-refractivity contribution >= 4 is 10.9 Å². The molecule has 0 amide bonds. The number of halogens is 1. The van der Waals surface area contributed by atoms with Crippen LogP contribution in [0.15, 0.2) is 47.3 Å². The molecule has 1 aliphatic rings. The van der Waals surface area contributed by atoms with Gasteiger partial charge in [0.1, 0.15) is 17.0 Å². The van der Waals surface area contributed by atoms with Crippen molar-refractivity contribution in [1.82, 2.24) is 9.55 Å². The Bertz CT molecular complexity index is 927. The number of rotatable bonds is 2. The minimum Gasteiger partial charge on any atom is -0.268 e. The number of hydrogen-bond donors (Lipinski definition) is 0. The molecule has 4 rings (SSSR count). The van der Waals surface area contributed by atoms with E-state index in [9.17, 15) is 9.18 Å². The summed E-state index contributed by atoms with van der Waals surface area (Å²) in [6, 6.07) is 12.8. The summed E-state index contributed by atoms with van der Waals surface area (Å²) < 4.78 is 16.3. The van der Waals surface area contributed by atoms with Crippen LogP contribution in [-0.4, -0.2) is 9.55 Å². The summed E-state index contributed by atoms with van der Waals surface area (Å²) in [7, 11) is 0. The van der Waals surface area contributed by atoms with Crippen molar-refractivity contribution in [2.75, 3.05) is 0 Å². The van der Waals surface area contributed by atoms with Gasteiger partial charge in [0.15, 0.2) is 0 Å². The van der Waals surface area contributed by atoms with Gasteiger partial charge in [0, 0.05) is 0 Å². The SMILES string of the molecule is Cc1nc2ccc(C3CC3)c(F)c2c(=O)n1-c1ccccc1. The Morgan fingerprint density at radius 3 is 2.55 bits per heavy atom. The largest absolute Gasteiger partial charge is 0.268 e. The topological polar surface area (TPSA) is 34.9 Å². The van der Waals surface area contributed by atoms with Crippen molar-refractivity contribution in [2.45, 2.75) is 25.7 Å². The maximum absolute atomic E-state index is 14.8. The number of benzene rings is 2. The summed E-state index contributed by atoms with van der Waals surface area (Å²) in [5.74, 6) is 0.416.